The van der Waals surface area contributed by atoms with E-state index >= 15 is 0 Å². The van der Waals surface area contributed by atoms with Crippen LogP contribution in [0.5, 0.6) is 0 Å². The minimum absolute atomic E-state index is 0.0136. The zero-order valence-electron chi connectivity index (χ0n) is 39.3. The van der Waals surface area contributed by atoms with Gasteiger partial charge in [0.25, 0.3) is 28.2 Å². The molecule has 0 spiro atoms. The van der Waals surface area contributed by atoms with Gasteiger partial charge >= 0.3 is 18.5 Å². The molecule has 0 saturated heterocycles. The van der Waals surface area contributed by atoms with Crippen LogP contribution < -0.4 is 22.2 Å². The Balaban J connectivity index is 0.000000183. The Morgan fingerprint density at radius 2 is 0.725 bits per heavy atom. The van der Waals surface area contributed by atoms with Crippen molar-refractivity contribution in [2.24, 2.45) is 0 Å². The predicted molar refractivity (Wildman–Crippen MR) is 258 cm³/mol. The molecular weight excluding hydrogens is 1080 g/mol. The minimum Gasteiger partial charge on any atom is -0.268 e. The van der Waals surface area contributed by atoms with Gasteiger partial charge in [0.05, 0.1) is 71.7 Å². The van der Waals surface area contributed by atoms with Crippen LogP contribution in [0.4, 0.5) is 48.3 Å². The van der Waals surface area contributed by atoms with Crippen LogP contribution >= 0.6 is 0 Å². The maximum Gasteiger partial charge on any atom is 0.418 e. The fourth-order valence-corrected chi connectivity index (χ4v) is 8.68. The smallest absolute Gasteiger partial charge is 0.268 e. The van der Waals surface area contributed by atoms with E-state index in [0.29, 0.717) is 77.5 Å². The Morgan fingerprint density at radius 1 is 0.412 bits per heavy atom. The molecule has 0 aliphatic carbocycles. The van der Waals surface area contributed by atoms with E-state index in [0.717, 1.165) is 11.1 Å². The van der Waals surface area contributed by atoms with Gasteiger partial charge in [0.1, 0.15) is 18.2 Å². The lowest BCUT2D eigenvalue weighted by Crippen LogP contribution is -2.25. The van der Waals surface area contributed by atoms with Crippen LogP contribution in [0.3, 0.4) is 0 Å². The summed E-state index contributed by atoms with van der Waals surface area (Å²) in [5.41, 5.74) is -11.7. The van der Waals surface area contributed by atoms with Gasteiger partial charge in [-0.15, -0.1) is 6.42 Å². The van der Waals surface area contributed by atoms with Crippen molar-refractivity contribution in [3.63, 3.8) is 0 Å². The van der Waals surface area contributed by atoms with Gasteiger partial charge in [-0.05, 0) is 77.7 Å². The van der Waals surface area contributed by atoms with Crippen LogP contribution in [0.25, 0.3) is 88.7 Å². The number of nitrogens with zero attached hydrogens (tertiary/aromatic N) is 13. The Labute approximate surface area is 434 Å². The first-order chi connectivity index (χ1) is 37.7. The lowest BCUT2D eigenvalue weighted by atomic mass is 9.96. The first-order valence-electron chi connectivity index (χ1n) is 22.1. The molecule has 0 aliphatic rings. The minimum atomic E-state index is -5.84. The first-order valence-corrected chi connectivity index (χ1v) is 22.1. The van der Waals surface area contributed by atoms with E-state index in [2.05, 4.69) is 45.8 Å². The second kappa shape index (κ2) is 18.3. The molecule has 0 amide bonds. The van der Waals surface area contributed by atoms with Crippen LogP contribution in [-0.2, 0) is 24.5 Å². The third kappa shape index (κ3) is 8.71. The molecule has 0 aliphatic heterocycles. The van der Waals surface area contributed by atoms with Crippen molar-refractivity contribution in [3.05, 3.63) is 171 Å². The summed E-state index contributed by atoms with van der Waals surface area (Å²) in [6.07, 6.45) is -11.2. The monoisotopic (exact) mass is 1100 g/mol. The number of nitriles is 3. The van der Waals surface area contributed by atoms with Crippen molar-refractivity contribution in [2.75, 3.05) is 0 Å². The van der Waals surface area contributed by atoms with E-state index in [1.807, 2.05) is 42.5 Å². The summed E-state index contributed by atoms with van der Waals surface area (Å²) in [4.78, 5) is 87.6. The lowest BCUT2D eigenvalue weighted by Gasteiger charge is -2.13. The topological polar surface area (TPSA) is 253 Å². The van der Waals surface area contributed by atoms with Gasteiger partial charge in [0, 0.05) is 12.5 Å². The Hall–Kier alpha value is -11.0. The average molecular weight is 1100 g/mol. The third-order valence-corrected chi connectivity index (χ3v) is 12.2. The molecule has 80 heavy (non-hydrogen) atoms. The van der Waals surface area contributed by atoms with E-state index in [9.17, 15) is 83.3 Å². The summed E-state index contributed by atoms with van der Waals surface area (Å²) in [7, 11) is 0. The summed E-state index contributed by atoms with van der Waals surface area (Å²) >= 11 is 0. The largest absolute Gasteiger partial charge is 0.418 e. The molecule has 6 aromatic heterocycles. The summed E-state index contributed by atoms with van der Waals surface area (Å²) in [6, 6.07) is 20.9. The van der Waals surface area contributed by atoms with Crippen molar-refractivity contribution in [1.29, 1.82) is 15.8 Å². The number of halogens is 11. The van der Waals surface area contributed by atoms with Gasteiger partial charge in [-0.2, -0.15) is 55.3 Å². The van der Waals surface area contributed by atoms with Crippen LogP contribution in [0.15, 0.2) is 104 Å². The van der Waals surface area contributed by atoms with E-state index in [1.165, 1.54) is 0 Å². The molecule has 28 heteroatoms. The Bertz CT molecular complexity index is 4530. The summed E-state index contributed by atoms with van der Waals surface area (Å²) < 4.78 is 153. The first kappa shape index (κ1) is 52.4. The molecule has 0 bridgehead atoms. The molecule has 0 saturated carbocycles. The maximum absolute atomic E-state index is 14.5. The molecule has 0 atom stereocenters. The highest BCUT2D eigenvalue weighted by Gasteiger charge is 2.47. The summed E-state index contributed by atoms with van der Waals surface area (Å²) in [5, 5.41) is 19.9. The van der Waals surface area contributed by atoms with Crippen LogP contribution in [-0.4, -0.2) is 49.0 Å². The van der Waals surface area contributed by atoms with Gasteiger partial charge in [-0.1, -0.05) is 24.3 Å². The number of hydrogen-bond acceptors (Lipinski definition) is 15. The summed E-state index contributed by atoms with van der Waals surface area (Å²) in [6.45, 7) is 0.471. The SMILES string of the molecule is C#Cc1nc2nc3ccc(-c4ccc5nc6nc(C#N)c(C#N)nc6nc5c4)cc3nc2nc1C#N.CC(F)(F)c1ccc(-n2c(=O)c3c(C(F)(F)F)c4c(=O)n(-c5ccc(C(F)(F)F)cc5)c(=O)c4c(C(F)(F)F)c3c2=O)cc1. The average Bonchev–Trinajstić information content (AvgIpc) is 4.02. The molecule has 11 aromatic rings. The van der Waals surface area contributed by atoms with Crippen LogP contribution in [0.2, 0.25) is 0 Å². The van der Waals surface area contributed by atoms with Crippen molar-refractivity contribution in [2.45, 2.75) is 31.4 Å². The molecule has 0 N–H and O–H groups in total. The van der Waals surface area contributed by atoms with Gasteiger partial charge in [0.15, 0.2) is 45.4 Å². The van der Waals surface area contributed by atoms with Crippen molar-refractivity contribution < 1.29 is 48.3 Å². The predicted octanol–water partition coefficient (Wildman–Crippen LogP) is 8.78. The number of hydrogen-bond donors (Lipinski definition) is 0. The fourth-order valence-electron chi connectivity index (χ4n) is 8.68. The number of aromatic nitrogens is 10. The van der Waals surface area contributed by atoms with Crippen molar-refractivity contribution in [3.8, 4) is 53.1 Å². The Kier molecular flexibility index (Phi) is 12.0. The number of benzene rings is 5. The molecular formula is C52H18F11N13O4. The highest BCUT2D eigenvalue weighted by atomic mass is 19.4. The molecule has 5 aromatic carbocycles. The Morgan fingerprint density at radius 3 is 1.02 bits per heavy atom. The summed E-state index contributed by atoms with van der Waals surface area (Å²) in [5.74, 6) is -1.11. The second-order valence-corrected chi connectivity index (χ2v) is 17.1. The van der Waals surface area contributed by atoms with Crippen molar-refractivity contribution in [1.82, 2.24) is 49.0 Å². The molecule has 0 unspecified atom stereocenters. The number of rotatable bonds is 4. The van der Waals surface area contributed by atoms with E-state index in [1.54, 1.807) is 12.1 Å². The van der Waals surface area contributed by atoms with Gasteiger partial charge in [0.2, 0.25) is 0 Å². The molecule has 0 fully saturated rings. The maximum atomic E-state index is 14.5. The van der Waals surface area contributed by atoms with E-state index in [4.69, 9.17) is 6.42 Å². The van der Waals surface area contributed by atoms with Gasteiger partial charge < -0.3 is 0 Å². The molecule has 392 valence electrons. The molecule has 11 rings (SSSR count). The third-order valence-electron chi connectivity index (χ3n) is 12.2. The quantitative estimate of drug-likeness (QED) is 0.0907. The fraction of sp³-hybridized carbons (Fsp3) is 0.0962. The molecule has 6 heterocycles. The van der Waals surface area contributed by atoms with E-state index < -0.39 is 102 Å². The van der Waals surface area contributed by atoms with Crippen LogP contribution in [0.1, 0.15) is 52.0 Å². The standard InChI is InChI=1S/C27H11F11N2O4.C25H7N11/c1-24(28,29)10-2-6-12(7-3-10)39-20(41)14-15(21(39)42)19(27(36,37)38)17-16(18(14)26(33,34)35)22(43)40(23(17)44)13-8-4-11(5-9-13)25(30,31)32;1-2-14-19(9-26)34-24-22(29-14)30-15-5-3-12(7-17(15)32-24)13-4-6-16-18(8-13)33-25-23(31-16)35-20(10-27)21(11-28)36-25/h2-9H,1H3;1,3-8H. The molecule has 17 nitrogen and oxygen atoms in total. The zero-order chi connectivity index (χ0) is 57.7. The van der Waals surface area contributed by atoms with E-state index in [-0.39, 0.29) is 54.5 Å². The van der Waals surface area contributed by atoms with Gasteiger partial charge in [-0.25, -0.2) is 57.8 Å². The van der Waals surface area contributed by atoms with Crippen LogP contribution in [0, 0.1) is 46.3 Å². The highest BCUT2D eigenvalue weighted by Crippen LogP contribution is 2.44. The second-order valence-electron chi connectivity index (χ2n) is 17.1. The highest BCUT2D eigenvalue weighted by molar-refractivity contribution is 6.07. The molecule has 0 radical (unpaired) electrons. The lowest BCUT2D eigenvalue weighted by molar-refractivity contribution is -0.137. The number of fused-ring (bicyclic) bond motifs is 6. The number of terminal acetylenes is 1. The number of alkyl halides is 11. The normalized spacial score (nSPS) is 12.2. The van der Waals surface area contributed by atoms with Crippen molar-refractivity contribution >= 4 is 66.2 Å². The zero-order valence-corrected chi connectivity index (χ0v) is 39.3. The van der Waals surface area contributed by atoms with Gasteiger partial charge in [-0.3, -0.25) is 19.2 Å².